The number of hydrogen-bond donors (Lipinski definition) is 1. The first kappa shape index (κ1) is 20.6. The molecule has 1 N–H and O–H groups in total. The summed E-state index contributed by atoms with van der Waals surface area (Å²) in [4.78, 5) is 0. The molecule has 4 nitrogen and oxygen atoms in total. The number of rotatable bonds is 11. The highest BCUT2D eigenvalue weighted by molar-refractivity contribution is 5.31. The number of benzene rings is 2. The van der Waals surface area contributed by atoms with Crippen molar-refractivity contribution in [3.63, 3.8) is 0 Å². The van der Waals surface area contributed by atoms with Gasteiger partial charge in [0.15, 0.2) is 0 Å². The van der Waals surface area contributed by atoms with E-state index in [0.717, 1.165) is 12.6 Å². The summed E-state index contributed by atoms with van der Waals surface area (Å²) >= 11 is 0. The summed E-state index contributed by atoms with van der Waals surface area (Å²) in [6.07, 6.45) is 5.22. The fourth-order valence-corrected chi connectivity index (χ4v) is 3.22. The third kappa shape index (κ3) is 6.77. The van der Waals surface area contributed by atoms with Crippen molar-refractivity contribution < 1.29 is 23.0 Å². The second-order valence-corrected chi connectivity index (χ2v) is 6.89. The predicted molar refractivity (Wildman–Crippen MR) is 104 cm³/mol. The third-order valence-electron chi connectivity index (χ3n) is 4.76. The van der Waals surface area contributed by atoms with Crippen LogP contribution in [-0.4, -0.2) is 32.4 Å². The molecule has 0 aromatic heterocycles. The normalized spacial score (nSPS) is 14.4. The van der Waals surface area contributed by atoms with Crippen LogP contribution < -0.4 is 14.8 Å². The Labute approximate surface area is 164 Å². The van der Waals surface area contributed by atoms with Gasteiger partial charge in [-0.05, 0) is 49.2 Å². The van der Waals surface area contributed by atoms with Crippen LogP contribution in [0.3, 0.4) is 0 Å². The molecule has 0 unspecified atom stereocenters. The average Bonchev–Trinajstić information content (AvgIpc) is 3.21. The first-order valence-electron chi connectivity index (χ1n) is 9.81. The molecule has 152 valence electrons. The first-order chi connectivity index (χ1) is 13.7. The lowest BCUT2D eigenvalue weighted by molar-refractivity contribution is 0.100. The van der Waals surface area contributed by atoms with Crippen molar-refractivity contribution in [3.05, 3.63) is 59.7 Å². The smallest absolute Gasteiger partial charge is 0.132 e. The zero-order valence-corrected chi connectivity index (χ0v) is 16.0. The van der Waals surface area contributed by atoms with Gasteiger partial charge in [-0.2, -0.15) is 0 Å². The van der Waals surface area contributed by atoms with E-state index in [9.17, 15) is 8.78 Å². The van der Waals surface area contributed by atoms with Gasteiger partial charge in [-0.1, -0.05) is 12.8 Å². The van der Waals surface area contributed by atoms with Crippen LogP contribution in [0.4, 0.5) is 8.78 Å². The molecule has 28 heavy (non-hydrogen) atoms. The lowest BCUT2D eigenvalue weighted by atomic mass is 10.2. The lowest BCUT2D eigenvalue weighted by Gasteiger charge is -2.12. The Morgan fingerprint density at radius 2 is 1.57 bits per heavy atom. The molecule has 2 aromatic carbocycles. The van der Waals surface area contributed by atoms with Crippen LogP contribution in [0.2, 0.25) is 0 Å². The van der Waals surface area contributed by atoms with Crippen molar-refractivity contribution in [1.82, 2.24) is 5.32 Å². The minimum atomic E-state index is -0.613. The summed E-state index contributed by atoms with van der Waals surface area (Å²) in [5, 5.41) is 3.50. The van der Waals surface area contributed by atoms with Crippen molar-refractivity contribution >= 4 is 0 Å². The quantitative estimate of drug-likeness (QED) is 0.574. The molecule has 1 aliphatic carbocycles. The minimum absolute atomic E-state index is 0.0368. The maximum absolute atomic E-state index is 13.6. The Morgan fingerprint density at radius 3 is 2.29 bits per heavy atom. The van der Waals surface area contributed by atoms with Crippen LogP contribution >= 0.6 is 0 Å². The maximum Gasteiger partial charge on any atom is 0.132 e. The average molecular weight is 391 g/mol. The van der Waals surface area contributed by atoms with Crippen LogP contribution in [0.5, 0.6) is 11.5 Å². The van der Waals surface area contributed by atoms with Gasteiger partial charge in [-0.3, -0.25) is 0 Å². The summed E-state index contributed by atoms with van der Waals surface area (Å²) < 4.78 is 43.2. The van der Waals surface area contributed by atoms with E-state index >= 15 is 0 Å². The Kier molecular flexibility index (Phi) is 8.06. The van der Waals surface area contributed by atoms with Gasteiger partial charge in [-0.15, -0.1) is 0 Å². The molecular formula is C22H27F2NO3. The van der Waals surface area contributed by atoms with Crippen LogP contribution in [0.1, 0.15) is 31.2 Å². The van der Waals surface area contributed by atoms with Crippen molar-refractivity contribution in [2.45, 2.75) is 38.3 Å². The van der Waals surface area contributed by atoms with E-state index in [4.69, 9.17) is 14.2 Å². The molecule has 3 rings (SSSR count). The molecule has 0 amide bonds. The highest BCUT2D eigenvalue weighted by Gasteiger charge is 2.13. The fourth-order valence-electron chi connectivity index (χ4n) is 3.22. The SMILES string of the molecule is Fc1ccc(COc2ccc(OCCOCCNC3CCCC3)cc2)c(F)c1. The second kappa shape index (κ2) is 11.0. The van der Waals surface area contributed by atoms with E-state index in [1.54, 1.807) is 24.3 Å². The first-order valence-corrected chi connectivity index (χ1v) is 9.81. The topological polar surface area (TPSA) is 39.7 Å². The monoisotopic (exact) mass is 391 g/mol. The Morgan fingerprint density at radius 1 is 0.857 bits per heavy atom. The van der Waals surface area contributed by atoms with Crippen LogP contribution in [0.25, 0.3) is 0 Å². The molecule has 2 aromatic rings. The molecule has 1 saturated carbocycles. The van der Waals surface area contributed by atoms with Gasteiger partial charge in [0.05, 0.1) is 13.2 Å². The molecule has 0 spiro atoms. The molecule has 0 saturated heterocycles. The Hall–Kier alpha value is -2.18. The molecule has 1 fully saturated rings. The minimum Gasteiger partial charge on any atom is -0.491 e. The molecule has 0 radical (unpaired) electrons. The van der Waals surface area contributed by atoms with E-state index in [0.29, 0.717) is 42.9 Å². The van der Waals surface area contributed by atoms with Gasteiger partial charge in [0.2, 0.25) is 0 Å². The van der Waals surface area contributed by atoms with Crippen LogP contribution in [0.15, 0.2) is 42.5 Å². The number of halogens is 2. The highest BCUT2D eigenvalue weighted by atomic mass is 19.1. The van der Waals surface area contributed by atoms with Crippen molar-refractivity contribution in [2.24, 2.45) is 0 Å². The van der Waals surface area contributed by atoms with Crippen molar-refractivity contribution in [3.8, 4) is 11.5 Å². The Balaban J connectivity index is 1.28. The third-order valence-corrected chi connectivity index (χ3v) is 4.76. The largest absolute Gasteiger partial charge is 0.491 e. The van der Waals surface area contributed by atoms with Gasteiger partial charge in [0, 0.05) is 24.2 Å². The molecule has 0 atom stereocenters. The highest BCUT2D eigenvalue weighted by Crippen LogP contribution is 2.20. The summed E-state index contributed by atoms with van der Waals surface area (Å²) in [6.45, 7) is 2.62. The van der Waals surface area contributed by atoms with E-state index in [1.165, 1.54) is 37.8 Å². The fraction of sp³-hybridized carbons (Fsp3) is 0.455. The number of nitrogens with one attached hydrogen (secondary N) is 1. The zero-order chi connectivity index (χ0) is 19.6. The maximum atomic E-state index is 13.6. The number of hydrogen-bond acceptors (Lipinski definition) is 4. The Bertz CT molecular complexity index is 718. The summed E-state index contributed by atoms with van der Waals surface area (Å²) in [5.74, 6) is 0.0912. The number of ether oxygens (including phenoxy) is 3. The van der Waals surface area contributed by atoms with Crippen LogP contribution in [0, 0.1) is 11.6 Å². The summed E-state index contributed by atoms with van der Waals surface area (Å²) in [6, 6.07) is 11.2. The molecule has 0 aliphatic heterocycles. The van der Waals surface area contributed by atoms with Gasteiger partial charge >= 0.3 is 0 Å². The standard InChI is InChI=1S/C22H27F2NO3/c23-18-6-5-17(22(24)15-18)16-28-21-9-7-20(8-10-21)27-14-13-26-12-11-25-19-3-1-2-4-19/h5-10,15,19,25H,1-4,11-14,16H2. The van der Waals surface area contributed by atoms with Gasteiger partial charge in [0.1, 0.15) is 36.3 Å². The summed E-state index contributed by atoms with van der Waals surface area (Å²) in [5.41, 5.74) is 0.307. The molecule has 6 heteroatoms. The molecule has 0 heterocycles. The van der Waals surface area contributed by atoms with E-state index in [1.807, 2.05) is 0 Å². The van der Waals surface area contributed by atoms with Gasteiger partial charge < -0.3 is 19.5 Å². The molecule has 0 bridgehead atoms. The van der Waals surface area contributed by atoms with E-state index in [2.05, 4.69) is 5.32 Å². The van der Waals surface area contributed by atoms with E-state index in [-0.39, 0.29) is 6.61 Å². The van der Waals surface area contributed by atoms with Crippen molar-refractivity contribution in [2.75, 3.05) is 26.4 Å². The van der Waals surface area contributed by atoms with Gasteiger partial charge in [-0.25, -0.2) is 8.78 Å². The molecule has 1 aliphatic rings. The van der Waals surface area contributed by atoms with Gasteiger partial charge in [0.25, 0.3) is 0 Å². The second-order valence-electron chi connectivity index (χ2n) is 6.89. The van der Waals surface area contributed by atoms with Crippen molar-refractivity contribution in [1.29, 1.82) is 0 Å². The van der Waals surface area contributed by atoms with Crippen LogP contribution in [-0.2, 0) is 11.3 Å². The zero-order valence-electron chi connectivity index (χ0n) is 16.0. The summed E-state index contributed by atoms with van der Waals surface area (Å²) in [7, 11) is 0. The molecular weight excluding hydrogens is 364 g/mol. The predicted octanol–water partition coefficient (Wildman–Crippen LogP) is 4.47. The van der Waals surface area contributed by atoms with E-state index < -0.39 is 11.6 Å². The lowest BCUT2D eigenvalue weighted by Crippen LogP contribution is -2.29.